The number of benzene rings is 2. The van der Waals surface area contributed by atoms with E-state index in [1.54, 1.807) is 0 Å². The molecule has 3 rings (SSSR count). The Kier molecular flexibility index (Phi) is 6.72. The second-order valence-corrected chi connectivity index (χ2v) is 7.08. The number of ether oxygens (including phenoxy) is 1. The Morgan fingerprint density at radius 3 is 2.65 bits per heavy atom. The second kappa shape index (κ2) is 9.21. The number of rotatable bonds is 5. The van der Waals surface area contributed by atoms with Gasteiger partial charge in [0, 0.05) is 30.3 Å². The van der Waals surface area contributed by atoms with Crippen LogP contribution >= 0.6 is 23.8 Å². The molecule has 0 aliphatic carbocycles. The maximum Gasteiger partial charge on any atom is 0.174 e. The summed E-state index contributed by atoms with van der Waals surface area (Å²) in [5.41, 5.74) is 2.13. The van der Waals surface area contributed by atoms with Crippen LogP contribution in [0.25, 0.3) is 0 Å². The molecule has 2 aromatic rings. The highest BCUT2D eigenvalue weighted by Gasteiger charge is 2.20. The van der Waals surface area contributed by atoms with E-state index < -0.39 is 0 Å². The van der Waals surface area contributed by atoms with Crippen LogP contribution in [0, 0.1) is 0 Å². The third-order valence-electron chi connectivity index (χ3n) is 4.33. The Morgan fingerprint density at radius 1 is 1.15 bits per heavy atom. The Labute approximate surface area is 165 Å². The zero-order valence-corrected chi connectivity index (χ0v) is 16.5. The van der Waals surface area contributed by atoms with Crippen LogP contribution in [0.1, 0.15) is 18.9 Å². The predicted molar refractivity (Wildman–Crippen MR) is 112 cm³/mol. The topological polar surface area (TPSA) is 27.7 Å². The number of thiocarbonyl (C=S) groups is 1. The van der Waals surface area contributed by atoms with E-state index in [-0.39, 0.29) is 0 Å². The summed E-state index contributed by atoms with van der Waals surface area (Å²) in [5.74, 6) is 0.868. The highest BCUT2D eigenvalue weighted by atomic mass is 35.5. The molecule has 1 aliphatic rings. The monoisotopic (exact) mass is 389 g/mol. The van der Waals surface area contributed by atoms with Gasteiger partial charge in [-0.05, 0) is 61.5 Å². The van der Waals surface area contributed by atoms with Gasteiger partial charge in [-0.15, -0.1) is 0 Å². The lowest BCUT2D eigenvalue weighted by molar-refractivity contribution is 0.134. The molecule has 1 heterocycles. The smallest absolute Gasteiger partial charge is 0.174 e. The molecule has 0 bridgehead atoms. The lowest BCUT2D eigenvalue weighted by Crippen LogP contribution is -2.48. The summed E-state index contributed by atoms with van der Waals surface area (Å²) in [6.07, 6.45) is 1.08. The van der Waals surface area contributed by atoms with Crippen molar-refractivity contribution in [2.75, 3.05) is 31.7 Å². The van der Waals surface area contributed by atoms with E-state index in [1.165, 1.54) is 0 Å². The summed E-state index contributed by atoms with van der Waals surface area (Å²) in [4.78, 5) is 4.57. The third-order valence-corrected chi connectivity index (χ3v) is 5.06. The van der Waals surface area contributed by atoms with Crippen molar-refractivity contribution in [2.24, 2.45) is 0 Å². The van der Waals surface area contributed by atoms with E-state index in [1.807, 2.05) is 49.4 Å². The molecular formula is C20H24ClN3OS. The summed E-state index contributed by atoms with van der Waals surface area (Å²) in [7, 11) is 0. The van der Waals surface area contributed by atoms with E-state index in [0.29, 0.717) is 6.61 Å². The van der Waals surface area contributed by atoms with Crippen molar-refractivity contribution in [2.45, 2.75) is 19.9 Å². The van der Waals surface area contributed by atoms with Crippen molar-refractivity contribution < 1.29 is 4.74 Å². The Morgan fingerprint density at radius 2 is 1.92 bits per heavy atom. The first-order chi connectivity index (χ1) is 12.7. The van der Waals surface area contributed by atoms with Crippen molar-refractivity contribution in [1.29, 1.82) is 0 Å². The SMILES string of the molecule is CCOc1ccc(NC(=S)N2CCCN(Cc3ccccc3Cl)C2)cc1. The molecule has 138 valence electrons. The Bertz CT molecular complexity index is 738. The van der Waals surface area contributed by atoms with Gasteiger partial charge in [-0.3, -0.25) is 4.90 Å². The zero-order chi connectivity index (χ0) is 18.4. The second-order valence-electron chi connectivity index (χ2n) is 6.29. The standard InChI is InChI=1S/C20H24ClN3OS/c1-2-25-18-10-8-17(9-11-18)22-20(26)24-13-5-12-23(15-24)14-16-6-3-4-7-19(16)21/h3-4,6-11H,2,5,12-15H2,1H3,(H,22,26). The van der Waals surface area contributed by atoms with Crippen LogP contribution in [-0.2, 0) is 6.54 Å². The van der Waals surface area contributed by atoms with Crippen molar-refractivity contribution in [1.82, 2.24) is 9.80 Å². The number of hydrogen-bond acceptors (Lipinski definition) is 3. The van der Waals surface area contributed by atoms with Crippen molar-refractivity contribution in [3.63, 3.8) is 0 Å². The quantitative estimate of drug-likeness (QED) is 0.754. The van der Waals surface area contributed by atoms with E-state index in [4.69, 9.17) is 28.6 Å². The van der Waals surface area contributed by atoms with E-state index in [0.717, 1.165) is 59.9 Å². The van der Waals surface area contributed by atoms with Crippen LogP contribution in [0.4, 0.5) is 5.69 Å². The number of hydrogen-bond donors (Lipinski definition) is 1. The van der Waals surface area contributed by atoms with Crippen molar-refractivity contribution in [3.8, 4) is 5.75 Å². The molecule has 2 aromatic carbocycles. The molecule has 0 radical (unpaired) electrons. The summed E-state index contributed by atoms with van der Waals surface area (Å²) in [5, 5.41) is 4.89. The van der Waals surface area contributed by atoms with Gasteiger partial charge in [-0.25, -0.2) is 0 Å². The Balaban J connectivity index is 1.56. The van der Waals surface area contributed by atoms with Gasteiger partial charge < -0.3 is 15.0 Å². The maximum absolute atomic E-state index is 6.30. The average molecular weight is 390 g/mol. The fraction of sp³-hybridized carbons (Fsp3) is 0.350. The molecule has 1 N–H and O–H groups in total. The van der Waals surface area contributed by atoms with Crippen LogP contribution in [0.3, 0.4) is 0 Å². The summed E-state index contributed by atoms with van der Waals surface area (Å²) in [6.45, 7) is 6.29. The zero-order valence-electron chi connectivity index (χ0n) is 15.0. The molecule has 0 atom stereocenters. The van der Waals surface area contributed by atoms with Gasteiger partial charge in [0.15, 0.2) is 5.11 Å². The number of halogens is 1. The van der Waals surface area contributed by atoms with Crippen LogP contribution in [0.15, 0.2) is 48.5 Å². The van der Waals surface area contributed by atoms with Gasteiger partial charge in [0.05, 0.1) is 13.3 Å². The molecule has 1 saturated heterocycles. The maximum atomic E-state index is 6.30. The van der Waals surface area contributed by atoms with Gasteiger partial charge in [-0.1, -0.05) is 29.8 Å². The average Bonchev–Trinajstić information content (AvgIpc) is 2.66. The first-order valence-electron chi connectivity index (χ1n) is 8.90. The summed E-state index contributed by atoms with van der Waals surface area (Å²) < 4.78 is 5.47. The molecule has 0 aromatic heterocycles. The molecule has 0 unspecified atom stereocenters. The van der Waals surface area contributed by atoms with Crippen LogP contribution in [-0.4, -0.2) is 41.3 Å². The van der Waals surface area contributed by atoms with Crippen molar-refractivity contribution >= 4 is 34.6 Å². The highest BCUT2D eigenvalue weighted by Crippen LogP contribution is 2.20. The molecular weight excluding hydrogens is 366 g/mol. The lowest BCUT2D eigenvalue weighted by atomic mass is 10.2. The lowest BCUT2D eigenvalue weighted by Gasteiger charge is -2.37. The van der Waals surface area contributed by atoms with Gasteiger partial charge in [0.25, 0.3) is 0 Å². The number of nitrogens with one attached hydrogen (secondary N) is 1. The fourth-order valence-corrected chi connectivity index (χ4v) is 3.50. The molecule has 4 nitrogen and oxygen atoms in total. The minimum absolute atomic E-state index is 0.667. The van der Waals surface area contributed by atoms with Gasteiger partial charge in [0.2, 0.25) is 0 Å². The molecule has 1 fully saturated rings. The Hall–Kier alpha value is -1.82. The summed E-state index contributed by atoms with van der Waals surface area (Å²) >= 11 is 11.9. The molecule has 0 amide bonds. The number of nitrogens with zero attached hydrogens (tertiary/aromatic N) is 2. The van der Waals surface area contributed by atoms with E-state index in [2.05, 4.69) is 21.2 Å². The minimum atomic E-state index is 0.667. The minimum Gasteiger partial charge on any atom is -0.494 e. The molecule has 0 spiro atoms. The molecule has 1 aliphatic heterocycles. The molecule has 26 heavy (non-hydrogen) atoms. The van der Waals surface area contributed by atoms with E-state index in [9.17, 15) is 0 Å². The van der Waals surface area contributed by atoms with Crippen LogP contribution in [0.5, 0.6) is 5.75 Å². The predicted octanol–water partition coefficient (Wildman–Crippen LogP) is 4.60. The normalized spacial score (nSPS) is 14.9. The van der Waals surface area contributed by atoms with Crippen LogP contribution < -0.4 is 10.1 Å². The first-order valence-corrected chi connectivity index (χ1v) is 9.69. The highest BCUT2D eigenvalue weighted by molar-refractivity contribution is 7.80. The van der Waals surface area contributed by atoms with Gasteiger partial charge in [-0.2, -0.15) is 0 Å². The number of anilines is 1. The summed E-state index contributed by atoms with van der Waals surface area (Å²) in [6, 6.07) is 15.9. The van der Waals surface area contributed by atoms with Crippen LogP contribution in [0.2, 0.25) is 5.02 Å². The fourth-order valence-electron chi connectivity index (χ4n) is 3.03. The molecule has 6 heteroatoms. The largest absolute Gasteiger partial charge is 0.494 e. The van der Waals surface area contributed by atoms with E-state index >= 15 is 0 Å². The first kappa shape index (κ1) is 19.0. The van der Waals surface area contributed by atoms with Crippen molar-refractivity contribution in [3.05, 3.63) is 59.1 Å². The molecule has 0 saturated carbocycles. The van der Waals surface area contributed by atoms with Gasteiger partial charge >= 0.3 is 0 Å². The van der Waals surface area contributed by atoms with Gasteiger partial charge in [0.1, 0.15) is 5.75 Å². The third kappa shape index (κ3) is 5.10.